The first-order valence-corrected chi connectivity index (χ1v) is 10.9. The predicted octanol–water partition coefficient (Wildman–Crippen LogP) is 6.98. The second-order valence-electron chi connectivity index (χ2n) is 8.19. The number of nitrogens with zero attached hydrogens (tertiary/aromatic N) is 1. The van der Waals surface area contributed by atoms with Gasteiger partial charge in [0.2, 0.25) is 0 Å². The molecule has 3 aromatic carbocycles. The summed E-state index contributed by atoms with van der Waals surface area (Å²) in [5.41, 5.74) is 6.93. The van der Waals surface area contributed by atoms with Crippen LogP contribution in [0.1, 0.15) is 5.56 Å². The van der Waals surface area contributed by atoms with E-state index in [0.717, 1.165) is 38.9 Å². The number of nitrogens with one attached hydrogen (secondary N) is 1. The fourth-order valence-electron chi connectivity index (χ4n) is 4.25. The minimum Gasteiger partial charge on any atom is -0.456 e. The van der Waals surface area contributed by atoms with E-state index < -0.39 is 0 Å². The van der Waals surface area contributed by atoms with Gasteiger partial charge in [-0.2, -0.15) is 0 Å². The topological polar surface area (TPSA) is 58.9 Å². The van der Waals surface area contributed by atoms with Gasteiger partial charge in [-0.3, -0.25) is 4.79 Å². The van der Waals surface area contributed by atoms with E-state index in [2.05, 4.69) is 36.2 Å². The van der Waals surface area contributed by atoms with Crippen LogP contribution >= 0.6 is 0 Å². The van der Waals surface area contributed by atoms with Crippen LogP contribution in [-0.2, 0) is 0 Å². The lowest BCUT2D eigenvalue weighted by Gasteiger charge is -2.13. The number of aromatic nitrogens is 2. The Kier molecular flexibility index (Phi) is 4.44. The number of para-hydroxylation sites is 1. The lowest BCUT2D eigenvalue weighted by molar-refractivity contribution is 0.632. The number of aryl methyl sites for hydroxylation is 1. The molecule has 0 saturated carbocycles. The summed E-state index contributed by atoms with van der Waals surface area (Å²) in [4.78, 5) is 20.8. The molecule has 0 aliphatic rings. The Bertz CT molecular complexity index is 1640. The van der Waals surface area contributed by atoms with Gasteiger partial charge in [0.25, 0.3) is 5.56 Å². The molecule has 6 aromatic rings. The quantitative estimate of drug-likeness (QED) is 0.331. The minimum absolute atomic E-state index is 0.176. The minimum atomic E-state index is -0.176. The molecule has 0 unspecified atom stereocenters. The average Bonchev–Trinajstić information content (AvgIpc) is 3.29. The molecule has 4 heteroatoms. The van der Waals surface area contributed by atoms with Crippen LogP contribution in [0.5, 0.6) is 0 Å². The third-order valence-corrected chi connectivity index (χ3v) is 5.97. The van der Waals surface area contributed by atoms with Crippen molar-refractivity contribution in [2.24, 2.45) is 0 Å². The van der Waals surface area contributed by atoms with Gasteiger partial charge < -0.3 is 9.40 Å². The zero-order valence-corrected chi connectivity index (χ0v) is 18.0. The monoisotopic (exact) mass is 428 g/mol. The molecule has 0 bridgehead atoms. The average molecular weight is 428 g/mol. The van der Waals surface area contributed by atoms with Crippen LogP contribution in [0.2, 0.25) is 0 Å². The smallest absolute Gasteiger partial charge is 0.257 e. The van der Waals surface area contributed by atoms with Crippen molar-refractivity contribution >= 4 is 21.9 Å². The van der Waals surface area contributed by atoms with Crippen molar-refractivity contribution in [1.29, 1.82) is 0 Å². The summed E-state index contributed by atoms with van der Waals surface area (Å²) in [6.45, 7) is 2.06. The Morgan fingerprint density at radius 1 is 0.788 bits per heavy atom. The van der Waals surface area contributed by atoms with E-state index in [0.29, 0.717) is 16.7 Å². The first-order chi connectivity index (χ1) is 16.2. The summed E-state index contributed by atoms with van der Waals surface area (Å²) < 4.78 is 6.12. The SMILES string of the molecule is Cc1ccc(-c2nc3c(-c4cc5ccccc5o4)c[nH]c(=O)c3cc2-c2ccccc2)cc1. The first kappa shape index (κ1) is 19.3. The van der Waals surface area contributed by atoms with Crippen molar-refractivity contribution in [2.45, 2.75) is 6.92 Å². The van der Waals surface area contributed by atoms with Gasteiger partial charge in [0.05, 0.1) is 22.2 Å². The molecule has 0 spiro atoms. The highest BCUT2D eigenvalue weighted by atomic mass is 16.3. The number of pyridine rings is 2. The Balaban J connectivity index is 1.68. The molecule has 0 aliphatic heterocycles. The Morgan fingerprint density at radius 2 is 1.55 bits per heavy atom. The van der Waals surface area contributed by atoms with Crippen molar-refractivity contribution < 1.29 is 4.42 Å². The van der Waals surface area contributed by atoms with Crippen molar-refractivity contribution in [3.63, 3.8) is 0 Å². The Hall–Kier alpha value is -4.44. The molecule has 0 atom stereocenters. The molecule has 0 radical (unpaired) electrons. The summed E-state index contributed by atoms with van der Waals surface area (Å²) in [6.07, 6.45) is 1.69. The van der Waals surface area contributed by atoms with Crippen LogP contribution < -0.4 is 5.56 Å². The van der Waals surface area contributed by atoms with Crippen molar-refractivity contribution in [3.05, 3.63) is 113 Å². The van der Waals surface area contributed by atoms with E-state index in [9.17, 15) is 4.79 Å². The molecule has 158 valence electrons. The van der Waals surface area contributed by atoms with Crippen LogP contribution in [0.25, 0.3) is 55.6 Å². The van der Waals surface area contributed by atoms with Crippen molar-refractivity contribution in [1.82, 2.24) is 9.97 Å². The number of furan rings is 1. The summed E-state index contributed by atoms with van der Waals surface area (Å²) >= 11 is 0. The van der Waals surface area contributed by atoms with Crippen LogP contribution in [0.3, 0.4) is 0 Å². The number of hydrogen-bond acceptors (Lipinski definition) is 3. The van der Waals surface area contributed by atoms with E-state index in [-0.39, 0.29) is 5.56 Å². The number of rotatable bonds is 3. The van der Waals surface area contributed by atoms with Crippen LogP contribution in [0, 0.1) is 6.92 Å². The maximum Gasteiger partial charge on any atom is 0.257 e. The predicted molar refractivity (Wildman–Crippen MR) is 133 cm³/mol. The van der Waals surface area contributed by atoms with E-state index >= 15 is 0 Å². The van der Waals surface area contributed by atoms with Crippen molar-refractivity contribution in [3.8, 4) is 33.7 Å². The highest BCUT2D eigenvalue weighted by Gasteiger charge is 2.18. The molecule has 6 rings (SSSR count). The standard InChI is InChI=1S/C29H20N2O2/c1-18-11-13-20(14-12-18)27-22(19-7-3-2-4-8-19)16-23-28(31-27)24(17-30-29(23)32)26-15-21-9-5-6-10-25(21)33-26/h2-17H,1H3,(H,30,32). The molecular formula is C29H20N2O2. The molecular weight excluding hydrogens is 408 g/mol. The van der Waals surface area contributed by atoms with Gasteiger partial charge in [-0.05, 0) is 30.7 Å². The summed E-state index contributed by atoms with van der Waals surface area (Å²) in [7, 11) is 0. The molecule has 3 aromatic heterocycles. The van der Waals surface area contributed by atoms with E-state index in [4.69, 9.17) is 9.40 Å². The van der Waals surface area contributed by atoms with Crippen LogP contribution in [-0.4, -0.2) is 9.97 Å². The van der Waals surface area contributed by atoms with Gasteiger partial charge in [-0.25, -0.2) is 4.98 Å². The molecule has 1 N–H and O–H groups in total. The third kappa shape index (κ3) is 3.33. The Morgan fingerprint density at radius 3 is 2.33 bits per heavy atom. The first-order valence-electron chi connectivity index (χ1n) is 10.9. The number of fused-ring (bicyclic) bond motifs is 2. The molecule has 3 heterocycles. The number of hydrogen-bond donors (Lipinski definition) is 1. The second-order valence-corrected chi connectivity index (χ2v) is 8.19. The van der Waals surface area contributed by atoms with Gasteiger partial charge in [0, 0.05) is 22.7 Å². The molecule has 4 nitrogen and oxygen atoms in total. The molecule has 0 fully saturated rings. The van der Waals surface area contributed by atoms with Crippen molar-refractivity contribution in [2.75, 3.05) is 0 Å². The van der Waals surface area contributed by atoms with Gasteiger partial charge in [-0.15, -0.1) is 0 Å². The number of aromatic amines is 1. The summed E-state index contributed by atoms with van der Waals surface area (Å²) in [6, 6.07) is 30.1. The van der Waals surface area contributed by atoms with Gasteiger partial charge in [0.1, 0.15) is 11.3 Å². The van der Waals surface area contributed by atoms with Crippen LogP contribution in [0.15, 0.2) is 106 Å². The zero-order chi connectivity index (χ0) is 22.4. The van der Waals surface area contributed by atoms with E-state index in [1.165, 1.54) is 5.56 Å². The fraction of sp³-hybridized carbons (Fsp3) is 0.0345. The zero-order valence-electron chi connectivity index (χ0n) is 18.0. The largest absolute Gasteiger partial charge is 0.456 e. The third-order valence-electron chi connectivity index (χ3n) is 5.97. The molecule has 0 aliphatic carbocycles. The van der Waals surface area contributed by atoms with E-state index in [1.54, 1.807) is 6.20 Å². The summed E-state index contributed by atoms with van der Waals surface area (Å²) in [5.74, 6) is 0.673. The highest BCUT2D eigenvalue weighted by Crippen LogP contribution is 2.36. The Labute approximate surface area is 190 Å². The van der Waals surface area contributed by atoms with E-state index in [1.807, 2.05) is 66.7 Å². The second kappa shape index (κ2) is 7.61. The number of benzene rings is 3. The maximum atomic E-state index is 12.9. The lowest BCUT2D eigenvalue weighted by Crippen LogP contribution is -2.08. The normalized spacial score (nSPS) is 11.3. The van der Waals surface area contributed by atoms with Gasteiger partial charge >= 0.3 is 0 Å². The lowest BCUT2D eigenvalue weighted by atomic mass is 9.96. The molecule has 0 saturated heterocycles. The highest BCUT2D eigenvalue weighted by molar-refractivity contribution is 5.98. The van der Waals surface area contributed by atoms with Gasteiger partial charge in [0.15, 0.2) is 0 Å². The summed E-state index contributed by atoms with van der Waals surface area (Å²) in [5, 5.41) is 1.54. The molecule has 33 heavy (non-hydrogen) atoms. The number of H-pyrrole nitrogens is 1. The maximum absolute atomic E-state index is 12.9. The van der Waals surface area contributed by atoms with Gasteiger partial charge in [-0.1, -0.05) is 78.4 Å². The van der Waals surface area contributed by atoms with Crippen LogP contribution in [0.4, 0.5) is 0 Å². The molecule has 0 amide bonds. The fourth-order valence-corrected chi connectivity index (χ4v) is 4.25.